The highest BCUT2D eigenvalue weighted by atomic mass is 16.2. The van der Waals surface area contributed by atoms with Crippen molar-refractivity contribution in [2.75, 3.05) is 19.6 Å². The summed E-state index contributed by atoms with van der Waals surface area (Å²) in [5.74, 6) is 0.126. The van der Waals surface area contributed by atoms with Crippen LogP contribution in [0.25, 0.3) is 0 Å². The normalized spacial score (nSPS) is 24.9. The molecule has 0 radical (unpaired) electrons. The van der Waals surface area contributed by atoms with Gasteiger partial charge in [-0.15, -0.1) is 0 Å². The monoisotopic (exact) mass is 227 g/mol. The third kappa shape index (κ3) is 3.81. The van der Waals surface area contributed by atoms with Crippen LogP contribution in [0.5, 0.6) is 0 Å². The van der Waals surface area contributed by atoms with E-state index in [4.69, 9.17) is 0 Å². The summed E-state index contributed by atoms with van der Waals surface area (Å²) in [6.45, 7) is 5.45. The average Bonchev–Trinajstić information content (AvgIpc) is 2.27. The molecule has 92 valence electrons. The number of amides is 2. The number of rotatable bonds is 4. The second-order valence-corrected chi connectivity index (χ2v) is 4.22. The molecule has 16 heavy (non-hydrogen) atoms. The molecule has 0 bridgehead atoms. The van der Waals surface area contributed by atoms with Crippen molar-refractivity contribution in [2.24, 2.45) is 5.92 Å². The largest absolute Gasteiger partial charge is 0.355 e. The maximum atomic E-state index is 11.8. The maximum absolute atomic E-state index is 11.8. The highest BCUT2D eigenvalue weighted by Crippen LogP contribution is 2.15. The molecule has 0 aromatic heterocycles. The quantitative estimate of drug-likeness (QED) is 0.613. The van der Waals surface area contributed by atoms with E-state index in [1.165, 1.54) is 0 Å². The Morgan fingerprint density at radius 3 is 2.75 bits per heavy atom. The Labute approximate surface area is 96.4 Å². The molecule has 0 aromatic rings. The zero-order valence-electron chi connectivity index (χ0n) is 10.0. The van der Waals surface area contributed by atoms with Gasteiger partial charge in [-0.2, -0.15) is 0 Å². The van der Waals surface area contributed by atoms with Crippen LogP contribution in [0.1, 0.15) is 26.7 Å². The smallest absolute Gasteiger partial charge is 0.239 e. The Hall–Kier alpha value is -1.10. The van der Waals surface area contributed by atoms with Gasteiger partial charge in [-0.05, 0) is 32.2 Å². The van der Waals surface area contributed by atoms with E-state index in [-0.39, 0.29) is 24.4 Å². The van der Waals surface area contributed by atoms with E-state index in [0.717, 1.165) is 19.4 Å². The van der Waals surface area contributed by atoms with E-state index in [1.54, 1.807) is 0 Å². The molecule has 1 rings (SSSR count). The van der Waals surface area contributed by atoms with Crippen molar-refractivity contribution in [2.45, 2.75) is 32.7 Å². The first-order chi connectivity index (χ1) is 7.65. The lowest BCUT2D eigenvalue weighted by Crippen LogP contribution is -2.52. The average molecular weight is 227 g/mol. The van der Waals surface area contributed by atoms with Crippen molar-refractivity contribution < 1.29 is 9.59 Å². The fraction of sp³-hybridized carbons (Fsp3) is 0.818. The number of likely N-dealkylation sites (N-methyl/N-ethyl adjacent to an activating group) is 1. The fourth-order valence-electron chi connectivity index (χ4n) is 1.94. The van der Waals surface area contributed by atoms with Crippen LogP contribution in [-0.2, 0) is 9.59 Å². The molecule has 0 spiro atoms. The van der Waals surface area contributed by atoms with E-state index in [2.05, 4.69) is 22.9 Å². The number of hydrogen-bond donors (Lipinski definition) is 3. The summed E-state index contributed by atoms with van der Waals surface area (Å²) in [5, 5.41) is 8.48. The molecule has 0 aliphatic carbocycles. The topological polar surface area (TPSA) is 70.2 Å². The highest BCUT2D eigenvalue weighted by molar-refractivity contribution is 5.87. The van der Waals surface area contributed by atoms with Crippen molar-refractivity contribution >= 4 is 11.8 Å². The van der Waals surface area contributed by atoms with Gasteiger partial charge in [0.05, 0.1) is 12.6 Å². The first-order valence-electron chi connectivity index (χ1n) is 5.93. The lowest BCUT2D eigenvalue weighted by molar-refractivity contribution is -0.128. The standard InChI is InChI=1S/C11H21N3O2/c1-3-12-9(15)7-14-11(16)10-8(2)5-4-6-13-10/h8,10,13H,3-7H2,1-2H3,(H,12,15)(H,14,16). The van der Waals surface area contributed by atoms with Gasteiger partial charge in [0, 0.05) is 6.54 Å². The van der Waals surface area contributed by atoms with Crippen molar-refractivity contribution in [3.63, 3.8) is 0 Å². The predicted octanol–water partition coefficient (Wildman–Crippen LogP) is -0.373. The summed E-state index contributed by atoms with van der Waals surface area (Å²) in [5.41, 5.74) is 0. The van der Waals surface area contributed by atoms with Crippen molar-refractivity contribution in [1.82, 2.24) is 16.0 Å². The first-order valence-corrected chi connectivity index (χ1v) is 5.93. The molecule has 1 heterocycles. The summed E-state index contributed by atoms with van der Waals surface area (Å²) >= 11 is 0. The highest BCUT2D eigenvalue weighted by Gasteiger charge is 2.27. The Balaban J connectivity index is 2.31. The third-order valence-corrected chi connectivity index (χ3v) is 2.85. The number of nitrogens with one attached hydrogen (secondary N) is 3. The third-order valence-electron chi connectivity index (χ3n) is 2.85. The second kappa shape index (κ2) is 6.48. The van der Waals surface area contributed by atoms with Crippen LogP contribution in [0.3, 0.4) is 0 Å². The molecule has 1 aliphatic heterocycles. The molecule has 2 atom stereocenters. The van der Waals surface area contributed by atoms with Crippen molar-refractivity contribution in [1.29, 1.82) is 0 Å². The second-order valence-electron chi connectivity index (χ2n) is 4.22. The van der Waals surface area contributed by atoms with Gasteiger partial charge >= 0.3 is 0 Å². The first kappa shape index (κ1) is 13.0. The van der Waals surface area contributed by atoms with Gasteiger partial charge in [-0.25, -0.2) is 0 Å². The summed E-state index contributed by atoms with van der Waals surface area (Å²) in [7, 11) is 0. The number of carbonyl (C=O) groups is 2. The molecule has 3 N–H and O–H groups in total. The number of hydrogen-bond acceptors (Lipinski definition) is 3. The SMILES string of the molecule is CCNC(=O)CNC(=O)C1NCCCC1C. The molecule has 5 nitrogen and oxygen atoms in total. The lowest BCUT2D eigenvalue weighted by atomic mass is 9.92. The summed E-state index contributed by atoms with van der Waals surface area (Å²) in [6, 6.07) is -0.150. The van der Waals surface area contributed by atoms with Gasteiger partial charge in [0.15, 0.2) is 0 Å². The number of carbonyl (C=O) groups excluding carboxylic acids is 2. The Bertz CT molecular complexity index is 256. The summed E-state index contributed by atoms with van der Waals surface area (Å²) in [6.07, 6.45) is 2.17. The number of piperidine rings is 1. The minimum absolute atomic E-state index is 0.0670. The fourth-order valence-corrected chi connectivity index (χ4v) is 1.94. The summed E-state index contributed by atoms with van der Waals surface area (Å²) < 4.78 is 0. The van der Waals surface area contributed by atoms with Crippen LogP contribution in [-0.4, -0.2) is 37.5 Å². The van der Waals surface area contributed by atoms with Crippen LogP contribution in [0.15, 0.2) is 0 Å². The van der Waals surface area contributed by atoms with E-state index >= 15 is 0 Å². The molecule has 1 saturated heterocycles. The summed E-state index contributed by atoms with van der Waals surface area (Å²) in [4.78, 5) is 22.9. The van der Waals surface area contributed by atoms with E-state index in [1.807, 2.05) is 6.92 Å². The minimum Gasteiger partial charge on any atom is -0.355 e. The molecule has 0 aromatic carbocycles. The predicted molar refractivity (Wildman–Crippen MR) is 61.9 cm³/mol. The van der Waals surface area contributed by atoms with Crippen LogP contribution in [0.4, 0.5) is 0 Å². The molecule has 0 saturated carbocycles. The lowest BCUT2D eigenvalue weighted by Gasteiger charge is -2.28. The van der Waals surface area contributed by atoms with Gasteiger partial charge in [0.25, 0.3) is 0 Å². The zero-order chi connectivity index (χ0) is 12.0. The van der Waals surface area contributed by atoms with Gasteiger partial charge in [-0.3, -0.25) is 9.59 Å². The van der Waals surface area contributed by atoms with E-state index < -0.39 is 0 Å². The van der Waals surface area contributed by atoms with Crippen molar-refractivity contribution in [3.8, 4) is 0 Å². The molecule has 1 aliphatic rings. The van der Waals surface area contributed by atoms with Gasteiger partial charge in [0.2, 0.25) is 11.8 Å². The molecule has 2 amide bonds. The van der Waals surface area contributed by atoms with E-state index in [0.29, 0.717) is 12.5 Å². The van der Waals surface area contributed by atoms with Gasteiger partial charge in [0.1, 0.15) is 0 Å². The van der Waals surface area contributed by atoms with Gasteiger partial charge in [-0.1, -0.05) is 6.92 Å². The van der Waals surface area contributed by atoms with E-state index in [9.17, 15) is 9.59 Å². The van der Waals surface area contributed by atoms with Gasteiger partial charge < -0.3 is 16.0 Å². The van der Waals surface area contributed by atoms with Crippen molar-refractivity contribution in [3.05, 3.63) is 0 Å². The Kier molecular flexibility index (Phi) is 5.25. The Morgan fingerprint density at radius 2 is 2.12 bits per heavy atom. The molecular formula is C11H21N3O2. The molecular weight excluding hydrogens is 206 g/mol. The van der Waals surface area contributed by atoms with Crippen LogP contribution in [0, 0.1) is 5.92 Å². The van der Waals surface area contributed by atoms with Crippen LogP contribution in [0.2, 0.25) is 0 Å². The van der Waals surface area contributed by atoms with Crippen LogP contribution < -0.4 is 16.0 Å². The molecule has 5 heteroatoms. The minimum atomic E-state index is -0.150. The Morgan fingerprint density at radius 1 is 1.38 bits per heavy atom. The van der Waals surface area contributed by atoms with Crippen LogP contribution >= 0.6 is 0 Å². The maximum Gasteiger partial charge on any atom is 0.239 e. The molecule has 2 unspecified atom stereocenters. The zero-order valence-corrected chi connectivity index (χ0v) is 10.0. The molecule has 1 fully saturated rings.